The first-order valence-electron chi connectivity index (χ1n) is 8.91. The van der Waals surface area contributed by atoms with Gasteiger partial charge in [0.1, 0.15) is 18.1 Å². The van der Waals surface area contributed by atoms with Crippen molar-refractivity contribution in [3.63, 3.8) is 0 Å². The summed E-state index contributed by atoms with van der Waals surface area (Å²) in [7, 11) is 1.56. The lowest BCUT2D eigenvalue weighted by atomic mass is 10.1. The summed E-state index contributed by atoms with van der Waals surface area (Å²) in [5.74, 6) is 0.204. The largest absolute Gasteiger partial charge is 0.496 e. The lowest BCUT2D eigenvalue weighted by Crippen LogP contribution is -2.01. The molecule has 0 spiro atoms. The van der Waals surface area contributed by atoms with Gasteiger partial charge in [0.2, 0.25) is 5.78 Å². The van der Waals surface area contributed by atoms with Crippen LogP contribution >= 0.6 is 0 Å². The number of halogens is 1. The Morgan fingerprint density at radius 2 is 2.00 bits per heavy atom. The first kappa shape index (κ1) is 19.4. The second-order valence-electron chi connectivity index (χ2n) is 6.04. The van der Waals surface area contributed by atoms with Gasteiger partial charge >= 0.3 is 0 Å². The number of carbonyl (C=O) groups is 1. The summed E-state index contributed by atoms with van der Waals surface area (Å²) >= 11 is 0. The van der Waals surface area contributed by atoms with E-state index in [0.717, 1.165) is 11.1 Å². The van der Waals surface area contributed by atoms with Crippen LogP contribution in [0.5, 0.6) is 11.5 Å². The standard InChI is InChI=1S/C22H21FN2O3/c1-3-25-13-12-19(24-25)20(26)10-8-16-9-11-21(27-2)17(14-16)15-28-22-7-5-4-6-18(22)23/h4-14H,3,15H2,1-2H3/b10-8+. The number of allylic oxidation sites excluding steroid dienone is 1. The van der Waals surface area contributed by atoms with E-state index in [0.29, 0.717) is 18.0 Å². The van der Waals surface area contributed by atoms with Crippen LogP contribution in [0.2, 0.25) is 0 Å². The molecule has 0 fully saturated rings. The maximum Gasteiger partial charge on any atom is 0.206 e. The molecule has 0 saturated heterocycles. The molecule has 3 aromatic rings. The summed E-state index contributed by atoms with van der Waals surface area (Å²) in [6.45, 7) is 2.81. The van der Waals surface area contributed by atoms with Gasteiger partial charge in [0.15, 0.2) is 11.6 Å². The van der Waals surface area contributed by atoms with Crippen molar-refractivity contribution in [3.05, 3.63) is 83.4 Å². The van der Waals surface area contributed by atoms with E-state index in [9.17, 15) is 9.18 Å². The highest BCUT2D eigenvalue weighted by molar-refractivity contribution is 6.05. The highest BCUT2D eigenvalue weighted by Crippen LogP contribution is 2.24. The van der Waals surface area contributed by atoms with E-state index in [2.05, 4.69) is 5.10 Å². The zero-order chi connectivity index (χ0) is 19.9. The molecule has 5 nitrogen and oxygen atoms in total. The van der Waals surface area contributed by atoms with Crippen molar-refractivity contribution in [1.29, 1.82) is 0 Å². The van der Waals surface area contributed by atoms with E-state index >= 15 is 0 Å². The number of ketones is 1. The Morgan fingerprint density at radius 1 is 1.18 bits per heavy atom. The van der Waals surface area contributed by atoms with Crippen molar-refractivity contribution >= 4 is 11.9 Å². The van der Waals surface area contributed by atoms with Crippen LogP contribution in [-0.2, 0) is 13.2 Å². The molecule has 1 aromatic heterocycles. The highest BCUT2D eigenvalue weighted by atomic mass is 19.1. The molecule has 0 saturated carbocycles. The van der Waals surface area contributed by atoms with Crippen molar-refractivity contribution < 1.29 is 18.7 Å². The normalized spacial score (nSPS) is 11.0. The van der Waals surface area contributed by atoms with Crippen LogP contribution in [0.4, 0.5) is 4.39 Å². The third kappa shape index (κ3) is 4.65. The van der Waals surface area contributed by atoms with Crippen LogP contribution in [0.25, 0.3) is 6.08 Å². The van der Waals surface area contributed by atoms with Crippen LogP contribution in [0.3, 0.4) is 0 Å². The second-order valence-corrected chi connectivity index (χ2v) is 6.04. The van der Waals surface area contributed by atoms with Crippen LogP contribution < -0.4 is 9.47 Å². The van der Waals surface area contributed by atoms with Crippen LogP contribution in [0, 0.1) is 5.82 Å². The third-order valence-corrected chi connectivity index (χ3v) is 4.17. The molecule has 0 aliphatic rings. The van der Waals surface area contributed by atoms with E-state index in [1.54, 1.807) is 54.4 Å². The number of nitrogens with zero attached hydrogens (tertiary/aromatic N) is 2. The number of methoxy groups -OCH3 is 1. The fourth-order valence-corrected chi connectivity index (χ4v) is 2.66. The summed E-state index contributed by atoms with van der Waals surface area (Å²) in [5, 5.41) is 4.20. The van der Waals surface area contributed by atoms with Gasteiger partial charge < -0.3 is 9.47 Å². The average Bonchev–Trinajstić information content (AvgIpc) is 3.21. The van der Waals surface area contributed by atoms with Crippen molar-refractivity contribution in [1.82, 2.24) is 9.78 Å². The van der Waals surface area contributed by atoms with Gasteiger partial charge in [0, 0.05) is 18.3 Å². The summed E-state index contributed by atoms with van der Waals surface area (Å²) in [5.41, 5.74) is 1.95. The lowest BCUT2D eigenvalue weighted by Gasteiger charge is -2.11. The fourth-order valence-electron chi connectivity index (χ4n) is 2.66. The number of benzene rings is 2. The van der Waals surface area contributed by atoms with Crippen molar-refractivity contribution in [2.45, 2.75) is 20.1 Å². The fraction of sp³-hybridized carbons (Fsp3) is 0.182. The maximum atomic E-state index is 13.7. The van der Waals surface area contributed by atoms with Gasteiger partial charge in [-0.25, -0.2) is 4.39 Å². The Balaban J connectivity index is 1.74. The van der Waals surface area contributed by atoms with Gasteiger partial charge in [-0.2, -0.15) is 5.10 Å². The minimum absolute atomic E-state index is 0.140. The molecule has 1 heterocycles. The molecule has 0 N–H and O–H groups in total. The number of aryl methyl sites for hydroxylation is 1. The molecule has 0 atom stereocenters. The van der Waals surface area contributed by atoms with Gasteiger partial charge in [-0.1, -0.05) is 24.3 Å². The molecule has 0 radical (unpaired) electrons. The summed E-state index contributed by atoms with van der Waals surface area (Å²) < 4.78 is 26.4. The van der Waals surface area contributed by atoms with Crippen LogP contribution in [0.1, 0.15) is 28.5 Å². The molecule has 28 heavy (non-hydrogen) atoms. The summed E-state index contributed by atoms with van der Waals surface area (Å²) in [6.07, 6.45) is 4.96. The number of aromatic nitrogens is 2. The van der Waals surface area contributed by atoms with Crippen molar-refractivity contribution in [2.24, 2.45) is 0 Å². The summed E-state index contributed by atoms with van der Waals surface area (Å²) in [6, 6.07) is 13.4. The molecule has 2 aromatic carbocycles. The first-order valence-corrected chi connectivity index (χ1v) is 8.91. The number of carbonyl (C=O) groups excluding carboxylic acids is 1. The minimum atomic E-state index is -0.422. The molecule has 0 aliphatic heterocycles. The molecular formula is C22H21FN2O3. The van der Waals surface area contributed by atoms with Crippen molar-refractivity contribution in [3.8, 4) is 11.5 Å². The SMILES string of the molecule is CCn1ccc(C(=O)/C=C/c2ccc(OC)c(COc3ccccc3F)c2)n1. The minimum Gasteiger partial charge on any atom is -0.496 e. The van der Waals surface area contributed by atoms with Crippen molar-refractivity contribution in [2.75, 3.05) is 7.11 Å². The van der Waals surface area contributed by atoms with E-state index in [1.807, 2.05) is 19.1 Å². The maximum absolute atomic E-state index is 13.7. The quantitative estimate of drug-likeness (QED) is 0.426. The lowest BCUT2D eigenvalue weighted by molar-refractivity contribution is 0.104. The molecule has 6 heteroatoms. The zero-order valence-corrected chi connectivity index (χ0v) is 15.8. The van der Waals surface area contributed by atoms with Gasteiger partial charge in [-0.15, -0.1) is 0 Å². The smallest absolute Gasteiger partial charge is 0.206 e. The average molecular weight is 380 g/mol. The first-order chi connectivity index (χ1) is 13.6. The van der Waals surface area contributed by atoms with E-state index in [4.69, 9.17) is 9.47 Å². The van der Waals surface area contributed by atoms with E-state index in [1.165, 1.54) is 12.1 Å². The van der Waals surface area contributed by atoms with E-state index in [-0.39, 0.29) is 18.1 Å². The molecule has 144 valence electrons. The highest BCUT2D eigenvalue weighted by Gasteiger charge is 2.09. The molecule has 0 amide bonds. The molecular weight excluding hydrogens is 359 g/mol. The molecule has 0 aliphatic carbocycles. The molecule has 0 bridgehead atoms. The van der Waals surface area contributed by atoms with Gasteiger partial charge in [-0.05, 0) is 48.9 Å². The number of para-hydroxylation sites is 1. The second kappa shape index (κ2) is 8.99. The van der Waals surface area contributed by atoms with Gasteiger partial charge in [0.05, 0.1) is 7.11 Å². The Morgan fingerprint density at radius 3 is 2.71 bits per heavy atom. The monoisotopic (exact) mass is 380 g/mol. The number of rotatable bonds is 8. The van der Waals surface area contributed by atoms with E-state index < -0.39 is 5.82 Å². The van der Waals surface area contributed by atoms with Crippen LogP contribution in [0.15, 0.2) is 60.8 Å². The number of ether oxygens (including phenoxy) is 2. The Hall–Kier alpha value is -3.41. The molecule has 3 rings (SSSR count). The molecule has 0 unspecified atom stereocenters. The Labute approximate surface area is 163 Å². The van der Waals surface area contributed by atoms with Crippen LogP contribution in [-0.4, -0.2) is 22.7 Å². The third-order valence-electron chi connectivity index (χ3n) is 4.17. The predicted octanol–water partition coefficient (Wildman–Crippen LogP) is 4.53. The zero-order valence-electron chi connectivity index (χ0n) is 15.8. The topological polar surface area (TPSA) is 53.4 Å². The number of hydrogen-bond acceptors (Lipinski definition) is 4. The number of hydrogen-bond donors (Lipinski definition) is 0. The van der Waals surface area contributed by atoms with Gasteiger partial charge in [0.25, 0.3) is 0 Å². The predicted molar refractivity (Wildman–Crippen MR) is 105 cm³/mol. The Bertz CT molecular complexity index is 995. The van der Waals surface area contributed by atoms with Gasteiger partial charge in [-0.3, -0.25) is 9.48 Å². The Kier molecular flexibility index (Phi) is 6.22. The summed E-state index contributed by atoms with van der Waals surface area (Å²) in [4.78, 5) is 12.2.